The lowest BCUT2D eigenvalue weighted by molar-refractivity contribution is -0.0232. The van der Waals surface area contributed by atoms with Crippen LogP contribution in [0.1, 0.15) is 44.7 Å². The lowest BCUT2D eigenvalue weighted by Crippen LogP contribution is -2.57. The molecule has 2 aromatic rings. The molecule has 7 nitrogen and oxygen atoms in total. The van der Waals surface area contributed by atoms with Gasteiger partial charge in [-0.1, -0.05) is 18.5 Å². The van der Waals surface area contributed by atoms with Gasteiger partial charge >= 0.3 is 6.01 Å². The van der Waals surface area contributed by atoms with Crippen LogP contribution in [-0.2, 0) is 5.92 Å². The van der Waals surface area contributed by atoms with Gasteiger partial charge in [0, 0.05) is 44.6 Å². The third kappa shape index (κ3) is 3.72. The van der Waals surface area contributed by atoms with Gasteiger partial charge in [-0.2, -0.15) is 18.7 Å². The first-order valence-corrected chi connectivity index (χ1v) is 12.6. The van der Waals surface area contributed by atoms with Gasteiger partial charge in [0.15, 0.2) is 11.0 Å². The number of anilines is 1. The van der Waals surface area contributed by atoms with Crippen LogP contribution in [0.5, 0.6) is 6.01 Å². The van der Waals surface area contributed by atoms with E-state index in [-0.39, 0.29) is 35.4 Å². The summed E-state index contributed by atoms with van der Waals surface area (Å²) in [4.78, 5) is 16.4. The summed E-state index contributed by atoms with van der Waals surface area (Å²) in [6.07, 6.45) is 1.43. The average Bonchev–Trinajstić information content (AvgIpc) is 3.32. The molecule has 0 spiro atoms. The van der Waals surface area contributed by atoms with Gasteiger partial charge in [0.1, 0.15) is 29.8 Å². The summed E-state index contributed by atoms with van der Waals surface area (Å²) >= 11 is 5.95. The Kier molecular flexibility index (Phi) is 5.54. The normalized spacial score (nSPS) is 31.9. The monoisotopic (exact) mass is 514 g/mol. The number of halogens is 5. The first kappa shape index (κ1) is 23.4. The molecule has 190 valence electrons. The second-order valence-electron chi connectivity index (χ2n) is 10.2. The van der Waals surface area contributed by atoms with Crippen LogP contribution in [-0.4, -0.2) is 76.4 Å². The highest BCUT2D eigenvalue weighted by atomic mass is 35.5. The number of hydrogen-bond acceptors (Lipinski definition) is 7. The number of nitrogens with one attached hydrogen (secondary N) is 1. The third-order valence-corrected chi connectivity index (χ3v) is 8.29. The topological polar surface area (TPSA) is 66.4 Å². The number of ether oxygens (including phenoxy) is 1. The Bertz CT molecular complexity index is 1170. The molecule has 12 heteroatoms. The van der Waals surface area contributed by atoms with Crippen molar-refractivity contribution < 1.29 is 22.3 Å². The van der Waals surface area contributed by atoms with E-state index in [1.54, 1.807) is 4.90 Å². The van der Waals surface area contributed by atoms with Crippen molar-refractivity contribution in [3.63, 3.8) is 0 Å². The van der Waals surface area contributed by atoms with Gasteiger partial charge in [-0.05, 0) is 25.8 Å². The van der Waals surface area contributed by atoms with Gasteiger partial charge < -0.3 is 15.0 Å². The van der Waals surface area contributed by atoms with Gasteiger partial charge in [-0.15, -0.1) is 0 Å². The van der Waals surface area contributed by atoms with Crippen molar-refractivity contribution in [3.8, 4) is 6.01 Å². The minimum absolute atomic E-state index is 0.0619. The molecule has 4 atom stereocenters. The first-order valence-electron chi connectivity index (χ1n) is 12.2. The van der Waals surface area contributed by atoms with Crippen LogP contribution >= 0.6 is 11.6 Å². The smallest absolute Gasteiger partial charge is 0.319 e. The Balaban J connectivity index is 1.46. The predicted octanol–water partition coefficient (Wildman–Crippen LogP) is 3.82. The maximum atomic E-state index is 15.4. The lowest BCUT2D eigenvalue weighted by Gasteiger charge is -2.41. The van der Waals surface area contributed by atoms with Crippen LogP contribution < -0.4 is 15.0 Å². The zero-order valence-electron chi connectivity index (χ0n) is 19.3. The molecule has 2 aromatic heterocycles. The fourth-order valence-corrected chi connectivity index (χ4v) is 6.44. The summed E-state index contributed by atoms with van der Waals surface area (Å²) in [5.74, 6) is -4.15. The zero-order chi connectivity index (χ0) is 24.5. The highest BCUT2D eigenvalue weighted by Gasteiger charge is 2.50. The molecule has 0 aromatic carbocycles. The van der Waals surface area contributed by atoms with Crippen molar-refractivity contribution in [3.05, 3.63) is 16.7 Å². The van der Waals surface area contributed by atoms with E-state index in [9.17, 15) is 4.39 Å². The van der Waals surface area contributed by atoms with Crippen molar-refractivity contribution in [2.75, 3.05) is 37.7 Å². The molecule has 0 radical (unpaired) electrons. The molecule has 0 bridgehead atoms. The van der Waals surface area contributed by atoms with Crippen molar-refractivity contribution in [1.82, 2.24) is 25.2 Å². The molecule has 4 aliphatic heterocycles. The van der Waals surface area contributed by atoms with Crippen molar-refractivity contribution >= 4 is 28.3 Å². The van der Waals surface area contributed by atoms with Gasteiger partial charge in [-0.3, -0.25) is 4.90 Å². The van der Waals surface area contributed by atoms with E-state index in [1.807, 2.05) is 6.92 Å². The summed E-state index contributed by atoms with van der Waals surface area (Å²) in [6, 6.07) is -0.647. The average molecular weight is 515 g/mol. The van der Waals surface area contributed by atoms with E-state index in [0.29, 0.717) is 26.1 Å². The number of aromatic nitrogens is 3. The quantitative estimate of drug-likeness (QED) is 0.491. The van der Waals surface area contributed by atoms with Crippen molar-refractivity contribution in [2.24, 2.45) is 0 Å². The Morgan fingerprint density at radius 2 is 2.03 bits per heavy atom. The molecular formula is C23H27ClF4N6O. The van der Waals surface area contributed by atoms with E-state index in [1.165, 1.54) is 0 Å². The molecule has 0 unspecified atom stereocenters. The number of fused-ring (bicyclic) bond motifs is 3. The largest absolute Gasteiger partial charge is 0.461 e. The van der Waals surface area contributed by atoms with E-state index in [0.717, 1.165) is 25.8 Å². The number of rotatable bonds is 4. The highest BCUT2D eigenvalue weighted by molar-refractivity contribution is 6.30. The molecule has 0 saturated carbocycles. The van der Waals surface area contributed by atoms with Gasteiger partial charge in [0.05, 0.1) is 10.9 Å². The molecule has 3 fully saturated rings. The Hall–Kier alpha value is -1.98. The second kappa shape index (κ2) is 8.27. The number of nitrogens with zero attached hydrogens (tertiary/aromatic N) is 5. The molecular weight excluding hydrogens is 488 g/mol. The fourth-order valence-electron chi connectivity index (χ4n) is 6.26. The summed E-state index contributed by atoms with van der Waals surface area (Å²) in [7, 11) is 0. The highest BCUT2D eigenvalue weighted by Crippen LogP contribution is 2.46. The zero-order valence-corrected chi connectivity index (χ0v) is 20.1. The SMILES string of the molecule is CC[C@@H]1CN2c3nc(OC[C@@]45CCCN4C[C@H](F)C5)nc4c(F)c(Cl)nc(c34)C(F)(F)C[C@@H]2CN1. The molecule has 4 aliphatic rings. The van der Waals surface area contributed by atoms with Crippen LogP contribution in [0.25, 0.3) is 10.9 Å². The second-order valence-corrected chi connectivity index (χ2v) is 10.6. The summed E-state index contributed by atoms with van der Waals surface area (Å²) in [5.41, 5.74) is -1.40. The van der Waals surface area contributed by atoms with Gasteiger partial charge in [0.2, 0.25) is 0 Å². The van der Waals surface area contributed by atoms with E-state index < -0.39 is 46.8 Å². The van der Waals surface area contributed by atoms with Crippen LogP contribution in [0.15, 0.2) is 0 Å². The lowest BCUT2D eigenvalue weighted by atomic mass is 9.95. The number of hydrogen-bond donors (Lipinski definition) is 1. The fraction of sp³-hybridized carbons (Fsp3) is 0.696. The maximum absolute atomic E-state index is 15.4. The third-order valence-electron chi connectivity index (χ3n) is 8.04. The van der Waals surface area contributed by atoms with Crippen LogP contribution in [0.2, 0.25) is 5.15 Å². The Labute approximate surface area is 205 Å². The van der Waals surface area contributed by atoms with Crippen molar-refractivity contribution in [1.29, 1.82) is 0 Å². The van der Waals surface area contributed by atoms with Gasteiger partial charge in [0.25, 0.3) is 5.92 Å². The molecule has 0 aliphatic carbocycles. The minimum Gasteiger partial charge on any atom is -0.461 e. The van der Waals surface area contributed by atoms with Crippen molar-refractivity contribution in [2.45, 2.75) is 68.7 Å². The molecule has 6 rings (SSSR count). The summed E-state index contributed by atoms with van der Waals surface area (Å²) in [5, 5.41) is 2.52. The number of piperazine rings is 1. The van der Waals surface area contributed by atoms with E-state index in [4.69, 9.17) is 16.3 Å². The summed E-state index contributed by atoms with van der Waals surface area (Å²) in [6.45, 7) is 4.06. The maximum Gasteiger partial charge on any atom is 0.319 e. The molecule has 1 N–H and O–H groups in total. The molecule has 3 saturated heterocycles. The predicted molar refractivity (Wildman–Crippen MR) is 123 cm³/mol. The van der Waals surface area contributed by atoms with Crippen LogP contribution in [0, 0.1) is 5.82 Å². The van der Waals surface area contributed by atoms with Crippen LogP contribution in [0.3, 0.4) is 0 Å². The molecule has 0 amide bonds. The number of pyridine rings is 1. The van der Waals surface area contributed by atoms with Crippen LogP contribution in [0.4, 0.5) is 23.4 Å². The number of alkyl halides is 3. The minimum atomic E-state index is -3.35. The Morgan fingerprint density at radius 3 is 2.83 bits per heavy atom. The summed E-state index contributed by atoms with van der Waals surface area (Å²) < 4.78 is 66.1. The molecule has 6 heterocycles. The van der Waals surface area contributed by atoms with Gasteiger partial charge in [-0.25, -0.2) is 13.8 Å². The van der Waals surface area contributed by atoms with E-state index in [2.05, 4.69) is 25.2 Å². The Morgan fingerprint density at radius 1 is 1.20 bits per heavy atom. The first-order chi connectivity index (χ1) is 16.7. The standard InChI is InChI=1S/C23H27ClF4N6O/c1-2-13-10-34-14(8-29-13)7-23(27,28)18-15-17(16(26)19(24)31-18)30-21(32-20(15)34)35-11-22-4-3-5-33(22)9-12(25)6-22/h12-14,29H,2-11H2,1H3/t12-,13-,14-,22+/m1/s1. The molecule has 35 heavy (non-hydrogen) atoms. The van der Waals surface area contributed by atoms with E-state index >= 15 is 13.2 Å².